The third kappa shape index (κ3) is 6.82. The number of para-hydroxylation sites is 2. The number of aromatic amines is 1. The molecular weight excluding hydrogens is 566 g/mol. The summed E-state index contributed by atoms with van der Waals surface area (Å²) >= 11 is 0. The highest BCUT2D eigenvalue weighted by molar-refractivity contribution is 6.00. The van der Waals surface area contributed by atoms with Gasteiger partial charge in [-0.15, -0.1) is 0 Å². The van der Waals surface area contributed by atoms with Gasteiger partial charge >= 0.3 is 6.09 Å². The molecule has 9 heteroatoms. The van der Waals surface area contributed by atoms with Crippen molar-refractivity contribution in [1.82, 2.24) is 20.5 Å². The lowest BCUT2D eigenvalue weighted by Gasteiger charge is -2.52. The Hall–Kier alpha value is -4.79. The van der Waals surface area contributed by atoms with Gasteiger partial charge in [0.25, 0.3) is 0 Å². The quantitative estimate of drug-likeness (QED) is 0.204. The van der Waals surface area contributed by atoms with E-state index in [1.54, 1.807) is 0 Å². The number of amides is 3. The first-order chi connectivity index (χ1) is 22.0. The number of benzene rings is 3. The Morgan fingerprint density at radius 3 is 2.40 bits per heavy atom. The van der Waals surface area contributed by atoms with Gasteiger partial charge in [-0.25, -0.2) is 4.79 Å². The van der Waals surface area contributed by atoms with Crippen LogP contribution in [0.5, 0.6) is 0 Å². The normalized spacial score (nSPS) is 17.8. The summed E-state index contributed by atoms with van der Waals surface area (Å²) in [7, 11) is 0. The second-order valence-electron chi connectivity index (χ2n) is 12.0. The Morgan fingerprint density at radius 1 is 0.911 bits per heavy atom. The smallest absolute Gasteiger partial charge is 0.407 e. The number of hydrogen-bond acceptors (Lipinski definition) is 5. The largest absolute Gasteiger partial charge is 0.445 e. The minimum Gasteiger partial charge on any atom is -0.445 e. The molecule has 0 saturated carbocycles. The molecule has 0 bridgehead atoms. The molecule has 2 fully saturated rings. The minimum absolute atomic E-state index is 0.0159. The number of carbonyl (C=O) groups excluding carboxylic acids is 3. The molecule has 0 radical (unpaired) electrons. The van der Waals surface area contributed by atoms with Gasteiger partial charge in [0.15, 0.2) is 0 Å². The summed E-state index contributed by atoms with van der Waals surface area (Å²) in [6, 6.07) is 27.4. The van der Waals surface area contributed by atoms with Crippen LogP contribution in [0, 0.1) is 0 Å². The van der Waals surface area contributed by atoms with Crippen molar-refractivity contribution in [3.8, 4) is 0 Å². The molecule has 1 atom stereocenters. The molecule has 3 aromatic carbocycles. The van der Waals surface area contributed by atoms with Crippen molar-refractivity contribution in [1.29, 1.82) is 0 Å². The van der Waals surface area contributed by atoms with Gasteiger partial charge in [0.05, 0.1) is 0 Å². The Bertz CT molecular complexity index is 1600. The number of fused-ring (bicyclic) bond motifs is 1. The number of nitrogens with one attached hydrogen (secondary N) is 3. The third-order valence-corrected chi connectivity index (χ3v) is 9.20. The molecule has 0 aliphatic carbocycles. The lowest BCUT2D eigenvalue weighted by atomic mass is 9.81. The lowest BCUT2D eigenvalue weighted by Crippen LogP contribution is -2.73. The monoisotopic (exact) mass is 607 g/mol. The van der Waals surface area contributed by atoms with Crippen molar-refractivity contribution in [2.24, 2.45) is 0 Å². The average Bonchev–Trinajstić information content (AvgIpc) is 3.50. The zero-order chi connectivity index (χ0) is 31.1. The zero-order valence-corrected chi connectivity index (χ0v) is 25.5. The minimum atomic E-state index is -0.866. The molecule has 2 saturated heterocycles. The molecule has 3 heterocycles. The fourth-order valence-electron chi connectivity index (χ4n) is 6.68. The van der Waals surface area contributed by atoms with Crippen LogP contribution in [-0.4, -0.2) is 65.6 Å². The van der Waals surface area contributed by atoms with Crippen LogP contribution >= 0.6 is 0 Å². The van der Waals surface area contributed by atoms with Crippen LogP contribution < -0.4 is 15.5 Å². The van der Waals surface area contributed by atoms with Gasteiger partial charge in [-0.1, -0.05) is 66.7 Å². The van der Waals surface area contributed by atoms with Gasteiger partial charge < -0.3 is 30.2 Å². The van der Waals surface area contributed by atoms with Crippen LogP contribution in [0.25, 0.3) is 10.9 Å². The van der Waals surface area contributed by atoms with E-state index < -0.39 is 17.7 Å². The van der Waals surface area contributed by atoms with Crippen molar-refractivity contribution in [2.75, 3.05) is 31.1 Å². The van der Waals surface area contributed by atoms with Crippen molar-refractivity contribution in [2.45, 2.75) is 56.7 Å². The average molecular weight is 608 g/mol. The first kappa shape index (κ1) is 30.2. The van der Waals surface area contributed by atoms with E-state index in [4.69, 9.17) is 4.74 Å². The molecule has 3 N–H and O–H groups in total. The Labute approximate surface area is 263 Å². The van der Waals surface area contributed by atoms with E-state index in [0.29, 0.717) is 64.7 Å². The van der Waals surface area contributed by atoms with Gasteiger partial charge in [0.2, 0.25) is 11.8 Å². The first-order valence-electron chi connectivity index (χ1n) is 16.0. The number of anilines is 1. The number of H-pyrrole nitrogens is 1. The van der Waals surface area contributed by atoms with Crippen molar-refractivity contribution >= 4 is 34.5 Å². The number of unbranched alkanes of at least 4 members (excludes halogenated alkanes) is 1. The fourth-order valence-corrected chi connectivity index (χ4v) is 6.68. The molecule has 45 heavy (non-hydrogen) atoms. The van der Waals surface area contributed by atoms with Crippen molar-refractivity contribution < 1.29 is 19.1 Å². The van der Waals surface area contributed by atoms with Crippen LogP contribution in [-0.2, 0) is 27.4 Å². The van der Waals surface area contributed by atoms with E-state index in [9.17, 15) is 14.4 Å². The molecule has 2 aliphatic heterocycles. The molecule has 2 aliphatic rings. The summed E-state index contributed by atoms with van der Waals surface area (Å²) < 4.78 is 5.28. The van der Waals surface area contributed by atoms with Gasteiger partial charge in [-0.2, -0.15) is 0 Å². The zero-order valence-electron chi connectivity index (χ0n) is 25.5. The molecule has 1 aromatic heterocycles. The summed E-state index contributed by atoms with van der Waals surface area (Å²) in [5.41, 5.74) is 3.40. The van der Waals surface area contributed by atoms with E-state index in [-0.39, 0.29) is 18.4 Å². The maximum Gasteiger partial charge on any atom is 0.407 e. The molecule has 9 nitrogen and oxygen atoms in total. The maximum atomic E-state index is 14.1. The number of piperazine rings is 1. The number of nitrogens with zero attached hydrogens (tertiary/aromatic N) is 2. The van der Waals surface area contributed by atoms with E-state index >= 15 is 0 Å². The number of carbonyl (C=O) groups is 3. The molecule has 1 unspecified atom stereocenters. The molecule has 3 amide bonds. The van der Waals surface area contributed by atoms with Crippen LogP contribution in [0.15, 0.2) is 91.1 Å². The SMILES string of the molecule is O=C(NCCCCC1NC(=O)C2(CCN(c3ccccc3)CC2)N(CCc2c[nH]c3ccccc23)C1=O)OCc1ccccc1. The molecule has 4 aromatic rings. The Kier molecular flexibility index (Phi) is 9.33. The summed E-state index contributed by atoms with van der Waals surface area (Å²) in [6.45, 7) is 2.53. The predicted octanol–water partition coefficient (Wildman–Crippen LogP) is 5.17. The lowest BCUT2D eigenvalue weighted by molar-refractivity contribution is -0.159. The first-order valence-corrected chi connectivity index (χ1v) is 16.0. The van der Waals surface area contributed by atoms with Crippen molar-refractivity contribution in [3.63, 3.8) is 0 Å². The topological polar surface area (TPSA) is 107 Å². The fraction of sp³-hybridized carbons (Fsp3) is 0.361. The van der Waals surface area contributed by atoms with Crippen LogP contribution in [0.4, 0.5) is 10.5 Å². The predicted molar refractivity (Wildman–Crippen MR) is 175 cm³/mol. The number of hydrogen-bond donors (Lipinski definition) is 3. The van der Waals surface area contributed by atoms with E-state index in [1.165, 1.54) is 0 Å². The summed E-state index contributed by atoms with van der Waals surface area (Å²) in [5.74, 6) is -0.0702. The number of rotatable bonds is 11. The van der Waals surface area contributed by atoms with E-state index in [1.807, 2.05) is 77.8 Å². The Balaban J connectivity index is 1.08. The molecule has 234 valence electrons. The maximum absolute atomic E-state index is 14.1. The molecular formula is C36H41N5O4. The third-order valence-electron chi connectivity index (χ3n) is 9.20. The van der Waals surface area contributed by atoms with Gasteiger partial charge in [-0.05, 0) is 67.9 Å². The summed E-state index contributed by atoms with van der Waals surface area (Å²) in [5, 5.41) is 7.03. The number of ether oxygens (including phenoxy) is 1. The summed E-state index contributed by atoms with van der Waals surface area (Å²) in [4.78, 5) is 47.6. The number of piperidine rings is 1. The van der Waals surface area contributed by atoms with Crippen molar-refractivity contribution in [3.05, 3.63) is 102 Å². The van der Waals surface area contributed by atoms with E-state index in [2.05, 4.69) is 38.7 Å². The summed E-state index contributed by atoms with van der Waals surface area (Å²) in [6.07, 6.45) is 5.24. The number of aromatic nitrogens is 1. The van der Waals surface area contributed by atoms with E-state index in [0.717, 1.165) is 27.7 Å². The Morgan fingerprint density at radius 2 is 1.62 bits per heavy atom. The van der Waals surface area contributed by atoms with Crippen LogP contribution in [0.1, 0.15) is 43.2 Å². The highest BCUT2D eigenvalue weighted by Crippen LogP contribution is 2.35. The number of alkyl carbamates (subject to hydrolysis) is 1. The molecule has 1 spiro atoms. The highest BCUT2D eigenvalue weighted by atomic mass is 16.5. The molecule has 6 rings (SSSR count). The highest BCUT2D eigenvalue weighted by Gasteiger charge is 2.53. The van der Waals surface area contributed by atoms with Crippen LogP contribution in [0.2, 0.25) is 0 Å². The van der Waals surface area contributed by atoms with Gasteiger partial charge in [-0.3, -0.25) is 9.59 Å². The second-order valence-corrected chi connectivity index (χ2v) is 12.0. The van der Waals surface area contributed by atoms with Gasteiger partial charge in [0, 0.05) is 49.0 Å². The van der Waals surface area contributed by atoms with Gasteiger partial charge in [0.1, 0.15) is 18.2 Å². The second kappa shape index (κ2) is 13.9. The van der Waals surface area contributed by atoms with Crippen LogP contribution in [0.3, 0.4) is 0 Å². The standard InChI is InChI=1S/C36H41N5O4/c42-33-32(17-9-10-21-37-35(44)45-26-27-11-3-1-4-12-27)39-34(43)36(19-23-40(24-20-36)29-13-5-2-6-14-29)41(33)22-18-28-25-38-31-16-8-7-15-30(28)31/h1-8,11-16,25,32,38H,9-10,17-24,26H2,(H,37,44)(H,39,43).